The molecule has 12 heteroatoms. The van der Waals surface area contributed by atoms with Crippen LogP contribution in [0.4, 0.5) is 11.4 Å². The zero-order valence-corrected chi connectivity index (χ0v) is 20.6. The molecule has 4 fully saturated rings. The lowest BCUT2D eigenvalue weighted by atomic mass is 9.46. The summed E-state index contributed by atoms with van der Waals surface area (Å²) in [5.74, 6) is 1.05. The maximum absolute atomic E-state index is 13.4. The van der Waals surface area contributed by atoms with Crippen LogP contribution in [0.25, 0.3) is 0 Å². The summed E-state index contributed by atoms with van der Waals surface area (Å²) >= 11 is 0. The molecule has 2 unspecified atom stereocenters. The number of nitro groups is 1. The van der Waals surface area contributed by atoms with E-state index >= 15 is 0 Å². The molecule has 0 radical (unpaired) electrons. The predicted molar refractivity (Wildman–Crippen MR) is 130 cm³/mol. The third-order valence-corrected chi connectivity index (χ3v) is 8.38. The summed E-state index contributed by atoms with van der Waals surface area (Å²) in [6.07, 6.45) is 11.9. The molecule has 0 aromatic carbocycles. The zero-order chi connectivity index (χ0) is 25.8. The van der Waals surface area contributed by atoms with E-state index in [1.54, 1.807) is 36.3 Å². The van der Waals surface area contributed by atoms with Gasteiger partial charge in [0.05, 0.1) is 35.2 Å². The molecule has 2 N–H and O–H groups in total. The minimum absolute atomic E-state index is 0.00281. The van der Waals surface area contributed by atoms with Gasteiger partial charge in [0.25, 0.3) is 5.91 Å². The molecule has 2 atom stereocenters. The third-order valence-electron chi connectivity index (χ3n) is 8.38. The maximum Gasteiger partial charge on any atom is 0.307 e. The smallest absolute Gasteiger partial charge is 0.307 e. The first kappa shape index (κ1) is 23.4. The number of amides is 2. The van der Waals surface area contributed by atoms with Crippen LogP contribution in [-0.4, -0.2) is 36.3 Å². The number of hydrogen-bond acceptors (Lipinski definition) is 7. The van der Waals surface area contributed by atoms with Gasteiger partial charge in [0.2, 0.25) is 5.91 Å². The van der Waals surface area contributed by atoms with E-state index in [1.807, 2.05) is 0 Å². The Morgan fingerprint density at radius 1 is 1.22 bits per heavy atom. The Balaban J connectivity index is 1.18. The van der Waals surface area contributed by atoms with Crippen molar-refractivity contribution in [1.82, 2.24) is 24.9 Å². The number of furan rings is 1. The van der Waals surface area contributed by atoms with Crippen LogP contribution in [-0.2, 0) is 23.9 Å². The highest BCUT2D eigenvalue weighted by Crippen LogP contribution is 2.65. The number of carbonyl (C=O) groups is 2. The van der Waals surface area contributed by atoms with Gasteiger partial charge < -0.3 is 15.1 Å². The lowest BCUT2D eigenvalue weighted by Gasteiger charge is -2.61. The number of aromatic nitrogens is 4. The standard InChI is InChI=1S/C25H29N7O5/c1-30-22(23(34)26-12-19-3-2-4-37-19)20(13-27-30)29-21(33)10-24-6-16-5-17(7-24)9-25(8-16,15-24)31-14-18(11-28-31)32(35)36/h2-4,11,13-14,16-17H,5-10,12,15H2,1H3,(H,26,34)(H,29,33). The number of hydrogen-bond donors (Lipinski definition) is 2. The second-order valence-electron chi connectivity index (χ2n) is 11.1. The quantitative estimate of drug-likeness (QED) is 0.350. The zero-order valence-electron chi connectivity index (χ0n) is 20.6. The highest BCUT2D eigenvalue weighted by atomic mass is 16.6. The Labute approximate surface area is 212 Å². The molecular weight excluding hydrogens is 478 g/mol. The van der Waals surface area contributed by atoms with Crippen LogP contribution in [0.1, 0.15) is 61.2 Å². The van der Waals surface area contributed by atoms with Gasteiger partial charge in [0, 0.05) is 13.5 Å². The Kier molecular flexibility index (Phi) is 5.42. The first-order valence-electron chi connectivity index (χ1n) is 12.6. The van der Waals surface area contributed by atoms with Crippen molar-refractivity contribution in [3.05, 3.63) is 58.6 Å². The molecule has 37 heavy (non-hydrogen) atoms. The molecule has 0 spiro atoms. The van der Waals surface area contributed by atoms with Crippen molar-refractivity contribution in [3.8, 4) is 0 Å². The van der Waals surface area contributed by atoms with Gasteiger partial charge in [-0.1, -0.05) is 0 Å². The molecule has 12 nitrogen and oxygen atoms in total. The first-order chi connectivity index (χ1) is 17.7. The molecule has 4 aliphatic rings. The molecule has 0 aliphatic heterocycles. The van der Waals surface area contributed by atoms with Crippen molar-refractivity contribution in [2.45, 2.75) is 57.0 Å². The maximum atomic E-state index is 13.4. The first-order valence-corrected chi connectivity index (χ1v) is 12.6. The van der Waals surface area contributed by atoms with E-state index in [2.05, 4.69) is 20.8 Å². The summed E-state index contributed by atoms with van der Waals surface area (Å²) in [5.41, 5.74) is 0.150. The lowest BCUT2D eigenvalue weighted by molar-refractivity contribution is -0.385. The molecule has 194 valence electrons. The van der Waals surface area contributed by atoms with Gasteiger partial charge in [-0.3, -0.25) is 29.1 Å². The van der Waals surface area contributed by atoms with Crippen LogP contribution < -0.4 is 10.6 Å². The minimum atomic E-state index is -0.413. The van der Waals surface area contributed by atoms with Crippen LogP contribution in [0.3, 0.4) is 0 Å². The van der Waals surface area contributed by atoms with E-state index in [0.717, 1.165) is 38.5 Å². The van der Waals surface area contributed by atoms with E-state index in [1.165, 1.54) is 17.1 Å². The third kappa shape index (κ3) is 4.19. The summed E-state index contributed by atoms with van der Waals surface area (Å²) in [5, 5.41) is 25.6. The molecule has 3 aromatic heterocycles. The number of carbonyl (C=O) groups excluding carboxylic acids is 2. The Bertz CT molecular complexity index is 1340. The van der Waals surface area contributed by atoms with Gasteiger partial charge in [-0.2, -0.15) is 10.2 Å². The molecule has 3 aromatic rings. The average molecular weight is 508 g/mol. The normalized spacial score (nSPS) is 27.8. The number of anilines is 1. The monoisotopic (exact) mass is 507 g/mol. The van der Waals surface area contributed by atoms with Crippen LogP contribution in [0.5, 0.6) is 0 Å². The second-order valence-corrected chi connectivity index (χ2v) is 11.1. The van der Waals surface area contributed by atoms with Crippen LogP contribution in [0.2, 0.25) is 0 Å². The van der Waals surface area contributed by atoms with Crippen LogP contribution in [0, 0.1) is 27.4 Å². The molecule has 7 rings (SSSR count). The molecule has 2 amide bonds. The van der Waals surface area contributed by atoms with Gasteiger partial charge in [-0.15, -0.1) is 0 Å². The Hall–Kier alpha value is -3.96. The van der Waals surface area contributed by atoms with E-state index in [0.29, 0.717) is 29.7 Å². The molecule has 4 aliphatic carbocycles. The molecule has 3 heterocycles. The Morgan fingerprint density at radius 3 is 2.68 bits per heavy atom. The fourth-order valence-corrected chi connectivity index (χ4v) is 7.54. The van der Waals surface area contributed by atoms with Gasteiger partial charge in [0.1, 0.15) is 23.8 Å². The highest BCUT2D eigenvalue weighted by molar-refractivity contribution is 6.02. The van der Waals surface area contributed by atoms with E-state index in [-0.39, 0.29) is 40.7 Å². The topological polar surface area (TPSA) is 150 Å². The number of rotatable bonds is 8. The van der Waals surface area contributed by atoms with Crippen molar-refractivity contribution >= 4 is 23.2 Å². The highest BCUT2D eigenvalue weighted by Gasteiger charge is 2.59. The van der Waals surface area contributed by atoms with E-state index in [9.17, 15) is 19.7 Å². The van der Waals surface area contributed by atoms with Crippen molar-refractivity contribution in [3.63, 3.8) is 0 Å². The van der Waals surface area contributed by atoms with Crippen molar-refractivity contribution in [2.75, 3.05) is 5.32 Å². The van der Waals surface area contributed by atoms with Gasteiger partial charge >= 0.3 is 5.69 Å². The Morgan fingerprint density at radius 2 is 2.00 bits per heavy atom. The summed E-state index contributed by atoms with van der Waals surface area (Å²) in [6.45, 7) is 0.226. The summed E-state index contributed by atoms with van der Waals surface area (Å²) in [7, 11) is 1.66. The van der Waals surface area contributed by atoms with Gasteiger partial charge in [-0.25, -0.2) is 0 Å². The molecule has 4 saturated carbocycles. The van der Waals surface area contributed by atoms with Crippen molar-refractivity contribution in [2.24, 2.45) is 24.3 Å². The summed E-state index contributed by atoms with van der Waals surface area (Å²) < 4.78 is 8.51. The van der Waals surface area contributed by atoms with E-state index in [4.69, 9.17) is 4.42 Å². The summed E-state index contributed by atoms with van der Waals surface area (Å²) in [4.78, 5) is 37.1. The van der Waals surface area contributed by atoms with Crippen LogP contribution in [0.15, 0.2) is 41.4 Å². The van der Waals surface area contributed by atoms with Crippen molar-refractivity contribution in [1.29, 1.82) is 0 Å². The second kappa shape index (κ2) is 8.56. The SMILES string of the molecule is Cn1ncc(NC(=O)CC23CC4CC(C2)CC(n2cc([N+](=O)[O-])cn2)(C4)C3)c1C(=O)NCc1ccco1. The fourth-order valence-electron chi connectivity index (χ4n) is 7.54. The molecule has 0 saturated heterocycles. The minimum Gasteiger partial charge on any atom is -0.467 e. The molecule has 4 bridgehead atoms. The van der Waals surface area contributed by atoms with Crippen molar-refractivity contribution < 1.29 is 18.9 Å². The average Bonchev–Trinajstić information content (AvgIpc) is 3.58. The fraction of sp³-hybridized carbons (Fsp3) is 0.520. The number of nitrogens with one attached hydrogen (secondary N) is 2. The predicted octanol–water partition coefficient (Wildman–Crippen LogP) is 3.37. The number of aryl methyl sites for hydroxylation is 1. The molecular formula is C25H29N7O5. The van der Waals surface area contributed by atoms with Crippen LogP contribution >= 0.6 is 0 Å². The largest absolute Gasteiger partial charge is 0.467 e. The number of nitrogens with zero attached hydrogens (tertiary/aromatic N) is 5. The lowest BCUT2D eigenvalue weighted by Crippen LogP contribution is -2.57. The summed E-state index contributed by atoms with van der Waals surface area (Å²) in [6, 6.07) is 3.52. The van der Waals surface area contributed by atoms with E-state index < -0.39 is 4.92 Å². The van der Waals surface area contributed by atoms with Gasteiger partial charge in [-0.05, 0) is 67.9 Å². The van der Waals surface area contributed by atoms with Gasteiger partial charge in [0.15, 0.2) is 0 Å².